The van der Waals surface area contributed by atoms with Crippen molar-refractivity contribution in [3.8, 4) is 0 Å². The molecule has 1 fully saturated rings. The quantitative estimate of drug-likeness (QED) is 0.761. The van der Waals surface area contributed by atoms with Gasteiger partial charge in [-0.15, -0.1) is 0 Å². The fourth-order valence-electron chi connectivity index (χ4n) is 1.27. The molecule has 15 heavy (non-hydrogen) atoms. The Kier molecular flexibility index (Phi) is 2.26. The first-order valence-corrected chi connectivity index (χ1v) is 4.87. The number of aromatic nitrogens is 1. The number of rotatable bonds is 3. The zero-order valence-electron chi connectivity index (χ0n) is 8.49. The van der Waals surface area contributed by atoms with Crippen molar-refractivity contribution < 1.29 is 9.59 Å². The van der Waals surface area contributed by atoms with Crippen molar-refractivity contribution in [1.29, 1.82) is 0 Å². The third kappa shape index (κ3) is 2.03. The molecule has 1 amide bonds. The molecule has 0 aliphatic heterocycles. The minimum atomic E-state index is -0.223. The average Bonchev–Trinajstić information content (AvgIpc) is 2.98. The van der Waals surface area contributed by atoms with Gasteiger partial charge in [0.1, 0.15) is 12.1 Å². The van der Waals surface area contributed by atoms with Crippen molar-refractivity contribution in [2.75, 3.05) is 5.32 Å². The molecule has 4 nitrogen and oxygen atoms in total. The number of carbonyl (C=O) groups is 2. The van der Waals surface area contributed by atoms with E-state index in [9.17, 15) is 9.59 Å². The molecule has 2 rings (SSSR count). The summed E-state index contributed by atoms with van der Waals surface area (Å²) in [5.74, 6) is 0.427. The third-order valence-electron chi connectivity index (χ3n) is 2.71. The number of aldehydes is 1. The van der Waals surface area contributed by atoms with Crippen LogP contribution in [0, 0.1) is 5.41 Å². The van der Waals surface area contributed by atoms with Crippen molar-refractivity contribution >= 4 is 18.0 Å². The van der Waals surface area contributed by atoms with Gasteiger partial charge in [0, 0.05) is 17.2 Å². The van der Waals surface area contributed by atoms with Crippen molar-refractivity contribution in [1.82, 2.24) is 4.98 Å². The molecule has 1 aromatic heterocycles. The fourth-order valence-corrected chi connectivity index (χ4v) is 1.27. The van der Waals surface area contributed by atoms with Crippen molar-refractivity contribution in [3.63, 3.8) is 0 Å². The molecule has 4 heteroatoms. The lowest BCUT2D eigenvalue weighted by Crippen LogP contribution is -2.21. The van der Waals surface area contributed by atoms with Gasteiger partial charge in [-0.05, 0) is 25.0 Å². The standard InChI is InChI=1S/C11H12N2O2/c1-11(3-4-11)10(15)13-9-6-8(7-14)2-5-12-9/h2,5-7H,3-4H2,1H3,(H,12,13,15). The van der Waals surface area contributed by atoms with Gasteiger partial charge in [0.15, 0.2) is 0 Å². The smallest absolute Gasteiger partial charge is 0.231 e. The first kappa shape index (κ1) is 9.83. The van der Waals surface area contributed by atoms with Crippen LogP contribution in [0.15, 0.2) is 18.3 Å². The lowest BCUT2D eigenvalue weighted by Gasteiger charge is -2.08. The number of nitrogens with zero attached hydrogens (tertiary/aromatic N) is 1. The van der Waals surface area contributed by atoms with Crippen molar-refractivity contribution in [2.24, 2.45) is 5.41 Å². The molecule has 0 aromatic carbocycles. The summed E-state index contributed by atoms with van der Waals surface area (Å²) in [7, 11) is 0. The first-order chi connectivity index (χ1) is 7.14. The number of pyridine rings is 1. The Morgan fingerprint density at radius 3 is 2.93 bits per heavy atom. The van der Waals surface area contributed by atoms with Gasteiger partial charge in [-0.1, -0.05) is 6.92 Å². The highest BCUT2D eigenvalue weighted by atomic mass is 16.2. The maximum Gasteiger partial charge on any atom is 0.231 e. The lowest BCUT2D eigenvalue weighted by atomic mass is 10.1. The zero-order valence-corrected chi connectivity index (χ0v) is 8.49. The molecule has 1 aliphatic rings. The van der Waals surface area contributed by atoms with Crippen LogP contribution in [0.2, 0.25) is 0 Å². The molecule has 1 N–H and O–H groups in total. The predicted molar refractivity (Wildman–Crippen MR) is 55.6 cm³/mol. The molecule has 78 valence electrons. The second-order valence-corrected chi connectivity index (χ2v) is 4.11. The van der Waals surface area contributed by atoms with Crippen molar-refractivity contribution in [3.05, 3.63) is 23.9 Å². The van der Waals surface area contributed by atoms with Crippen LogP contribution in [0.3, 0.4) is 0 Å². The van der Waals surface area contributed by atoms with Gasteiger partial charge in [-0.25, -0.2) is 4.98 Å². The number of nitrogens with one attached hydrogen (secondary N) is 1. The Labute approximate surface area is 87.7 Å². The average molecular weight is 204 g/mol. The highest BCUT2D eigenvalue weighted by Gasteiger charge is 2.44. The van der Waals surface area contributed by atoms with E-state index in [0.717, 1.165) is 19.1 Å². The Morgan fingerprint density at radius 1 is 1.60 bits per heavy atom. The molecule has 0 atom stereocenters. The number of carbonyl (C=O) groups excluding carboxylic acids is 2. The van der Waals surface area contributed by atoms with Crippen LogP contribution in [0.5, 0.6) is 0 Å². The number of hydrogen-bond donors (Lipinski definition) is 1. The summed E-state index contributed by atoms with van der Waals surface area (Å²) in [6.45, 7) is 1.92. The molecule has 0 spiro atoms. The fraction of sp³-hybridized carbons (Fsp3) is 0.364. The molecule has 0 bridgehead atoms. The van der Waals surface area contributed by atoms with Crippen LogP contribution in [-0.4, -0.2) is 17.2 Å². The molecule has 1 saturated carbocycles. The lowest BCUT2D eigenvalue weighted by molar-refractivity contribution is -0.120. The van der Waals surface area contributed by atoms with Crippen LogP contribution in [-0.2, 0) is 4.79 Å². The summed E-state index contributed by atoms with van der Waals surface area (Å²) < 4.78 is 0. The second-order valence-electron chi connectivity index (χ2n) is 4.11. The van der Waals surface area contributed by atoms with E-state index in [1.165, 1.54) is 6.20 Å². The summed E-state index contributed by atoms with van der Waals surface area (Å²) in [5.41, 5.74) is 0.292. The summed E-state index contributed by atoms with van der Waals surface area (Å²) in [4.78, 5) is 26.1. The van der Waals surface area contributed by atoms with Gasteiger partial charge < -0.3 is 5.32 Å². The molecule has 1 aromatic rings. The maximum atomic E-state index is 11.7. The molecule has 1 heterocycles. The van der Waals surface area contributed by atoms with E-state index in [1.54, 1.807) is 12.1 Å². The molecule has 0 saturated heterocycles. The zero-order chi connectivity index (χ0) is 10.9. The van der Waals surface area contributed by atoms with Crippen LogP contribution < -0.4 is 5.32 Å². The first-order valence-electron chi connectivity index (χ1n) is 4.87. The van der Waals surface area contributed by atoms with E-state index in [1.807, 2.05) is 6.92 Å². The highest BCUT2D eigenvalue weighted by Crippen LogP contribution is 2.45. The highest BCUT2D eigenvalue weighted by molar-refractivity contribution is 5.96. The summed E-state index contributed by atoms with van der Waals surface area (Å²) in [5, 5.41) is 2.71. The van der Waals surface area contributed by atoms with Gasteiger partial charge in [0.05, 0.1) is 0 Å². The van der Waals surface area contributed by atoms with E-state index in [-0.39, 0.29) is 11.3 Å². The Morgan fingerprint density at radius 2 is 2.33 bits per heavy atom. The number of amides is 1. The van der Waals surface area contributed by atoms with E-state index in [4.69, 9.17) is 0 Å². The van der Waals surface area contributed by atoms with Gasteiger partial charge >= 0.3 is 0 Å². The van der Waals surface area contributed by atoms with E-state index in [2.05, 4.69) is 10.3 Å². The third-order valence-corrected chi connectivity index (χ3v) is 2.71. The van der Waals surface area contributed by atoms with E-state index >= 15 is 0 Å². The minimum Gasteiger partial charge on any atom is -0.310 e. The monoisotopic (exact) mass is 204 g/mol. The van der Waals surface area contributed by atoms with Gasteiger partial charge in [-0.2, -0.15) is 0 Å². The van der Waals surface area contributed by atoms with Crippen molar-refractivity contribution in [2.45, 2.75) is 19.8 Å². The minimum absolute atomic E-state index is 0.0157. The summed E-state index contributed by atoms with van der Waals surface area (Å²) in [6, 6.07) is 3.16. The topological polar surface area (TPSA) is 59.1 Å². The van der Waals surface area contributed by atoms with Gasteiger partial charge in [0.25, 0.3) is 0 Å². The van der Waals surface area contributed by atoms with Crippen LogP contribution in [0.1, 0.15) is 30.1 Å². The van der Waals surface area contributed by atoms with Crippen LogP contribution >= 0.6 is 0 Å². The van der Waals surface area contributed by atoms with Crippen LogP contribution in [0.25, 0.3) is 0 Å². The second kappa shape index (κ2) is 3.46. The summed E-state index contributed by atoms with van der Waals surface area (Å²) >= 11 is 0. The molecule has 0 unspecified atom stereocenters. The normalized spacial score (nSPS) is 16.9. The Hall–Kier alpha value is -1.71. The summed E-state index contributed by atoms with van der Waals surface area (Å²) in [6.07, 6.45) is 4.09. The predicted octanol–water partition coefficient (Wildman–Crippen LogP) is 1.63. The molecule has 0 radical (unpaired) electrons. The Bertz CT molecular complexity index is 411. The van der Waals surface area contributed by atoms with Gasteiger partial charge in [0.2, 0.25) is 5.91 Å². The largest absolute Gasteiger partial charge is 0.310 e. The number of hydrogen-bond acceptors (Lipinski definition) is 3. The SMILES string of the molecule is CC1(C(=O)Nc2cc(C=O)ccn2)CC1. The molecular weight excluding hydrogens is 192 g/mol. The van der Waals surface area contributed by atoms with Crippen LogP contribution in [0.4, 0.5) is 5.82 Å². The van der Waals surface area contributed by atoms with Gasteiger partial charge in [-0.3, -0.25) is 9.59 Å². The molecule has 1 aliphatic carbocycles. The van der Waals surface area contributed by atoms with E-state index in [0.29, 0.717) is 11.4 Å². The maximum absolute atomic E-state index is 11.7. The molecular formula is C11H12N2O2. The Balaban J connectivity index is 2.10. The number of anilines is 1. The van der Waals surface area contributed by atoms with E-state index < -0.39 is 0 Å².